The fourth-order valence-corrected chi connectivity index (χ4v) is 2.80. The van der Waals surface area contributed by atoms with Crippen LogP contribution in [0.2, 0.25) is 0 Å². The number of hydrogen-bond acceptors (Lipinski definition) is 7. The van der Waals surface area contributed by atoms with Gasteiger partial charge in [0.2, 0.25) is 0 Å². The highest BCUT2D eigenvalue weighted by Gasteiger charge is 2.11. The summed E-state index contributed by atoms with van der Waals surface area (Å²) in [5.41, 5.74) is 1.25. The second-order valence-corrected chi connectivity index (χ2v) is 6.23. The molecule has 0 bridgehead atoms. The molecule has 1 fully saturated rings. The Balaban J connectivity index is 1.84. The Morgan fingerprint density at radius 1 is 0.840 bits per heavy atom. The summed E-state index contributed by atoms with van der Waals surface area (Å²) in [7, 11) is 0. The standard InChI is InChI=1S/C17H30N6O2/c24-23(25)17-3-1-15(2-4-17)13-16-14-21-10-9-19-6-5-18-7-8-20-11-12-22-16/h1-4,16,18-22H,5-14H2. The fourth-order valence-electron chi connectivity index (χ4n) is 2.80. The fraction of sp³-hybridized carbons (Fsp3) is 0.647. The van der Waals surface area contributed by atoms with Crippen LogP contribution in [-0.2, 0) is 6.42 Å². The van der Waals surface area contributed by atoms with Crippen LogP contribution in [0.4, 0.5) is 5.69 Å². The van der Waals surface area contributed by atoms with Crippen LogP contribution in [0.5, 0.6) is 0 Å². The molecule has 0 saturated carbocycles. The van der Waals surface area contributed by atoms with Crippen molar-refractivity contribution < 1.29 is 4.92 Å². The molecule has 0 amide bonds. The topological polar surface area (TPSA) is 103 Å². The maximum Gasteiger partial charge on any atom is 0.269 e. The monoisotopic (exact) mass is 350 g/mol. The summed E-state index contributed by atoms with van der Waals surface area (Å²) in [6, 6.07) is 7.15. The van der Waals surface area contributed by atoms with E-state index in [1.807, 2.05) is 12.1 Å². The van der Waals surface area contributed by atoms with Crippen molar-refractivity contribution in [1.82, 2.24) is 26.6 Å². The van der Waals surface area contributed by atoms with Gasteiger partial charge in [-0.2, -0.15) is 0 Å². The molecule has 1 saturated heterocycles. The van der Waals surface area contributed by atoms with Crippen LogP contribution in [-0.4, -0.2) is 69.9 Å². The molecular formula is C17H30N6O2. The van der Waals surface area contributed by atoms with Crippen molar-refractivity contribution in [3.63, 3.8) is 0 Å². The highest BCUT2D eigenvalue weighted by Crippen LogP contribution is 2.13. The molecule has 140 valence electrons. The quantitative estimate of drug-likeness (QED) is 0.369. The molecule has 1 aromatic rings. The van der Waals surface area contributed by atoms with Gasteiger partial charge in [0.1, 0.15) is 0 Å². The molecular weight excluding hydrogens is 320 g/mol. The molecule has 8 nitrogen and oxygen atoms in total. The molecule has 1 aliphatic heterocycles. The summed E-state index contributed by atoms with van der Waals surface area (Å²) >= 11 is 0. The molecule has 8 heteroatoms. The Morgan fingerprint density at radius 2 is 1.36 bits per heavy atom. The van der Waals surface area contributed by atoms with E-state index in [1.54, 1.807) is 12.1 Å². The van der Waals surface area contributed by atoms with E-state index in [4.69, 9.17) is 0 Å². The average Bonchev–Trinajstić information content (AvgIpc) is 2.62. The lowest BCUT2D eigenvalue weighted by molar-refractivity contribution is -0.384. The van der Waals surface area contributed by atoms with E-state index in [-0.39, 0.29) is 10.6 Å². The smallest absolute Gasteiger partial charge is 0.269 e. The van der Waals surface area contributed by atoms with Gasteiger partial charge in [-0.3, -0.25) is 10.1 Å². The molecule has 0 radical (unpaired) electrons. The van der Waals surface area contributed by atoms with Crippen molar-refractivity contribution >= 4 is 5.69 Å². The number of nitrogens with one attached hydrogen (secondary N) is 5. The molecule has 1 heterocycles. The normalized spacial score (nSPS) is 21.8. The Hall–Kier alpha value is -1.58. The molecule has 2 rings (SSSR count). The van der Waals surface area contributed by atoms with Gasteiger partial charge in [-0.15, -0.1) is 0 Å². The van der Waals surface area contributed by atoms with E-state index in [0.29, 0.717) is 6.04 Å². The molecule has 25 heavy (non-hydrogen) atoms. The molecule has 0 aliphatic carbocycles. The van der Waals surface area contributed by atoms with Crippen molar-refractivity contribution in [2.24, 2.45) is 0 Å². The first-order valence-corrected chi connectivity index (χ1v) is 9.05. The summed E-state index contributed by atoms with van der Waals surface area (Å²) in [5.74, 6) is 0. The van der Waals surface area contributed by atoms with Crippen LogP contribution >= 0.6 is 0 Å². The Bertz CT molecular complexity index is 480. The number of nitrogens with zero attached hydrogens (tertiary/aromatic N) is 1. The molecule has 5 N–H and O–H groups in total. The van der Waals surface area contributed by atoms with Crippen LogP contribution in [0.1, 0.15) is 5.56 Å². The van der Waals surface area contributed by atoms with Crippen LogP contribution in [0.15, 0.2) is 24.3 Å². The Morgan fingerprint density at radius 3 is 1.92 bits per heavy atom. The largest absolute Gasteiger partial charge is 0.314 e. The maximum atomic E-state index is 10.8. The van der Waals surface area contributed by atoms with Gasteiger partial charge in [0.15, 0.2) is 0 Å². The third kappa shape index (κ3) is 8.37. The molecule has 1 aliphatic rings. The van der Waals surface area contributed by atoms with E-state index in [2.05, 4.69) is 26.6 Å². The minimum atomic E-state index is -0.360. The highest BCUT2D eigenvalue weighted by molar-refractivity contribution is 5.33. The second kappa shape index (κ2) is 11.9. The van der Waals surface area contributed by atoms with Crippen molar-refractivity contribution in [2.75, 3.05) is 58.9 Å². The third-order valence-electron chi connectivity index (χ3n) is 4.19. The van der Waals surface area contributed by atoms with Gasteiger partial charge in [-0.05, 0) is 12.0 Å². The lowest BCUT2D eigenvalue weighted by Crippen LogP contribution is -2.44. The van der Waals surface area contributed by atoms with Crippen molar-refractivity contribution in [3.05, 3.63) is 39.9 Å². The number of non-ortho nitro benzene ring substituents is 1. The number of benzene rings is 1. The zero-order valence-electron chi connectivity index (χ0n) is 14.7. The lowest BCUT2D eigenvalue weighted by Gasteiger charge is -2.20. The number of rotatable bonds is 3. The minimum absolute atomic E-state index is 0.140. The van der Waals surface area contributed by atoms with Crippen LogP contribution in [0, 0.1) is 10.1 Å². The predicted octanol–water partition coefficient (Wildman–Crippen LogP) is -0.532. The van der Waals surface area contributed by atoms with Gasteiger partial charge < -0.3 is 26.6 Å². The van der Waals surface area contributed by atoms with Crippen LogP contribution in [0.25, 0.3) is 0 Å². The Labute approximate surface area is 149 Å². The predicted molar refractivity (Wildman–Crippen MR) is 100 cm³/mol. The maximum absolute atomic E-state index is 10.8. The average molecular weight is 350 g/mol. The molecule has 1 atom stereocenters. The first kappa shape index (κ1) is 19.7. The van der Waals surface area contributed by atoms with Crippen LogP contribution in [0.3, 0.4) is 0 Å². The number of nitro benzene ring substituents is 1. The first-order chi connectivity index (χ1) is 12.3. The molecule has 1 unspecified atom stereocenters. The van der Waals surface area contributed by atoms with Crippen LogP contribution < -0.4 is 26.6 Å². The van der Waals surface area contributed by atoms with E-state index in [9.17, 15) is 10.1 Å². The minimum Gasteiger partial charge on any atom is -0.314 e. The van der Waals surface area contributed by atoms with Gasteiger partial charge >= 0.3 is 0 Å². The van der Waals surface area contributed by atoms with E-state index >= 15 is 0 Å². The number of nitro groups is 1. The van der Waals surface area contributed by atoms with Gasteiger partial charge in [-0.25, -0.2) is 0 Å². The highest BCUT2D eigenvalue weighted by atomic mass is 16.6. The van der Waals surface area contributed by atoms with Gasteiger partial charge in [0, 0.05) is 77.1 Å². The summed E-state index contributed by atoms with van der Waals surface area (Å²) in [5, 5.41) is 28.0. The Kier molecular flexibility index (Phi) is 9.38. The zero-order chi connectivity index (χ0) is 17.7. The lowest BCUT2D eigenvalue weighted by atomic mass is 10.1. The van der Waals surface area contributed by atoms with Crippen molar-refractivity contribution in [1.29, 1.82) is 0 Å². The SMILES string of the molecule is O=[N+]([O-])c1ccc(CC2CNCCNCCNCCNCCN2)cc1. The van der Waals surface area contributed by atoms with E-state index in [1.165, 1.54) is 0 Å². The number of hydrogen-bond donors (Lipinski definition) is 5. The van der Waals surface area contributed by atoms with Gasteiger partial charge in [-0.1, -0.05) is 12.1 Å². The third-order valence-corrected chi connectivity index (χ3v) is 4.19. The van der Waals surface area contributed by atoms with Gasteiger partial charge in [0.25, 0.3) is 5.69 Å². The van der Waals surface area contributed by atoms with Crippen molar-refractivity contribution in [2.45, 2.75) is 12.5 Å². The summed E-state index contributed by atoms with van der Waals surface area (Å²) in [6.07, 6.45) is 0.847. The van der Waals surface area contributed by atoms with Gasteiger partial charge in [0.05, 0.1) is 4.92 Å². The van der Waals surface area contributed by atoms with E-state index < -0.39 is 0 Å². The van der Waals surface area contributed by atoms with E-state index in [0.717, 1.165) is 70.9 Å². The first-order valence-electron chi connectivity index (χ1n) is 9.05. The summed E-state index contributed by atoms with van der Waals surface area (Å²) < 4.78 is 0. The summed E-state index contributed by atoms with van der Waals surface area (Å²) in [4.78, 5) is 10.4. The summed E-state index contributed by atoms with van der Waals surface area (Å²) in [6.45, 7) is 8.49. The van der Waals surface area contributed by atoms with Crippen molar-refractivity contribution in [3.8, 4) is 0 Å². The molecule has 1 aromatic carbocycles. The zero-order valence-corrected chi connectivity index (χ0v) is 14.7. The molecule has 0 aromatic heterocycles. The second-order valence-electron chi connectivity index (χ2n) is 6.23. The molecule has 0 spiro atoms.